The molecule has 0 aromatic heterocycles. The van der Waals surface area contributed by atoms with E-state index in [0.717, 1.165) is 22.4 Å². The lowest BCUT2D eigenvalue weighted by Gasteiger charge is -2.25. The van der Waals surface area contributed by atoms with E-state index in [-0.39, 0.29) is 12.0 Å². The highest BCUT2D eigenvalue weighted by Gasteiger charge is 2.28. The first kappa shape index (κ1) is 21.6. The Bertz CT molecular complexity index is 1150. The van der Waals surface area contributed by atoms with Gasteiger partial charge in [0.1, 0.15) is 11.6 Å². The quantitative estimate of drug-likeness (QED) is 0.529. The van der Waals surface area contributed by atoms with Gasteiger partial charge in [0, 0.05) is 24.1 Å². The second kappa shape index (κ2) is 9.64. The largest absolute Gasteiger partial charge is 0.497 e. The van der Waals surface area contributed by atoms with Gasteiger partial charge < -0.3 is 14.5 Å². The first-order valence-corrected chi connectivity index (χ1v) is 10.5. The number of hydrogen-bond acceptors (Lipinski definition) is 4. The maximum absolute atomic E-state index is 13.8. The highest BCUT2D eigenvalue weighted by atomic mass is 19.1. The number of methoxy groups -OCH3 is 1. The zero-order valence-corrected chi connectivity index (χ0v) is 18.1. The molecule has 0 N–H and O–H groups in total. The van der Waals surface area contributed by atoms with Crippen LogP contribution in [0.3, 0.4) is 0 Å². The van der Waals surface area contributed by atoms with Crippen molar-refractivity contribution in [2.75, 3.05) is 13.7 Å². The normalized spacial score (nSPS) is 15.1. The van der Waals surface area contributed by atoms with Crippen LogP contribution in [0.1, 0.15) is 33.5 Å². The predicted molar refractivity (Wildman–Crippen MR) is 121 cm³/mol. The van der Waals surface area contributed by atoms with Crippen LogP contribution in [0.15, 0.2) is 78.0 Å². The summed E-state index contributed by atoms with van der Waals surface area (Å²) in [6.07, 6.45) is 0.309. The van der Waals surface area contributed by atoms with Gasteiger partial charge in [0.15, 0.2) is 6.10 Å². The second-order valence-electron chi connectivity index (χ2n) is 7.83. The fraction of sp³-hybridized carbons (Fsp3) is 0.231. The number of benzene rings is 3. The molecule has 1 amide bonds. The molecule has 5 nitrogen and oxygen atoms in total. The molecule has 0 saturated carbocycles. The van der Waals surface area contributed by atoms with Gasteiger partial charge in [-0.15, -0.1) is 0 Å². The summed E-state index contributed by atoms with van der Waals surface area (Å²) >= 11 is 0. The summed E-state index contributed by atoms with van der Waals surface area (Å²) in [4.78, 5) is 20.6. The van der Waals surface area contributed by atoms with E-state index in [1.54, 1.807) is 18.1 Å². The number of nitrogens with zero attached hydrogens (tertiary/aromatic N) is 2. The third-order valence-corrected chi connectivity index (χ3v) is 5.48. The zero-order valence-electron chi connectivity index (χ0n) is 18.1. The van der Waals surface area contributed by atoms with Gasteiger partial charge in [0.25, 0.3) is 5.91 Å². The number of aryl methyl sites for hydroxylation is 1. The van der Waals surface area contributed by atoms with Gasteiger partial charge >= 0.3 is 0 Å². The maximum atomic E-state index is 13.8. The monoisotopic (exact) mass is 432 g/mol. The summed E-state index contributed by atoms with van der Waals surface area (Å²) in [5, 5.41) is 4.28. The molecule has 0 aliphatic carbocycles. The minimum Gasteiger partial charge on any atom is -0.497 e. The Morgan fingerprint density at radius 3 is 2.72 bits per heavy atom. The first-order chi connectivity index (χ1) is 15.5. The van der Waals surface area contributed by atoms with Crippen LogP contribution in [0, 0.1) is 12.7 Å². The Morgan fingerprint density at radius 1 is 1.12 bits per heavy atom. The Kier molecular flexibility index (Phi) is 6.50. The summed E-state index contributed by atoms with van der Waals surface area (Å²) in [5.41, 5.74) is 4.25. The van der Waals surface area contributed by atoms with E-state index in [1.807, 2.05) is 55.5 Å². The number of oxime groups is 1. The van der Waals surface area contributed by atoms with Gasteiger partial charge in [-0.2, -0.15) is 0 Å². The number of hydrogen-bond donors (Lipinski definition) is 0. The summed E-state index contributed by atoms with van der Waals surface area (Å²) in [6.45, 7) is 2.70. The lowest BCUT2D eigenvalue weighted by Crippen LogP contribution is -2.37. The fourth-order valence-electron chi connectivity index (χ4n) is 3.84. The van der Waals surface area contributed by atoms with Crippen molar-refractivity contribution in [1.82, 2.24) is 4.90 Å². The average molecular weight is 432 g/mol. The molecule has 0 fully saturated rings. The van der Waals surface area contributed by atoms with Crippen molar-refractivity contribution in [3.05, 3.63) is 101 Å². The molecule has 3 aromatic carbocycles. The van der Waals surface area contributed by atoms with Gasteiger partial charge in [0.05, 0.1) is 19.4 Å². The van der Waals surface area contributed by atoms with Crippen molar-refractivity contribution in [3.63, 3.8) is 0 Å². The third kappa shape index (κ3) is 4.97. The Hall–Kier alpha value is -3.67. The van der Waals surface area contributed by atoms with Crippen LogP contribution in [0.25, 0.3) is 0 Å². The smallest absolute Gasteiger partial charge is 0.254 e. The van der Waals surface area contributed by atoms with Crippen LogP contribution >= 0.6 is 0 Å². The number of carbonyl (C=O) groups excluding carboxylic acids is 1. The Labute approximate surface area is 187 Å². The molecule has 0 saturated heterocycles. The van der Waals surface area contributed by atoms with Crippen molar-refractivity contribution in [3.8, 4) is 5.75 Å². The number of carbonyl (C=O) groups is 1. The maximum Gasteiger partial charge on any atom is 0.254 e. The molecule has 164 valence electrons. The topological polar surface area (TPSA) is 51.1 Å². The Balaban J connectivity index is 1.54. The molecule has 3 aromatic rings. The van der Waals surface area contributed by atoms with Crippen LogP contribution in [0.4, 0.5) is 4.39 Å². The van der Waals surface area contributed by atoms with E-state index in [2.05, 4.69) is 5.16 Å². The number of rotatable bonds is 7. The van der Waals surface area contributed by atoms with Crippen LogP contribution in [-0.4, -0.2) is 36.3 Å². The lowest BCUT2D eigenvalue weighted by atomic mass is 10.00. The molecule has 0 bridgehead atoms. The molecule has 0 radical (unpaired) electrons. The van der Waals surface area contributed by atoms with Gasteiger partial charge in [-0.1, -0.05) is 47.6 Å². The van der Waals surface area contributed by atoms with Crippen molar-refractivity contribution in [2.24, 2.45) is 5.16 Å². The standard InChI is InChI=1S/C26H25FN2O3/c1-18-7-3-4-12-24(18)25-15-23(32-28-25)17-29(16-19-8-5-11-22(13-19)31-2)26(30)20-9-6-10-21(27)14-20/h3-14,23H,15-17H2,1-2H3. The molecular weight excluding hydrogens is 407 g/mol. The first-order valence-electron chi connectivity index (χ1n) is 10.5. The molecule has 6 heteroatoms. The molecule has 1 unspecified atom stereocenters. The van der Waals surface area contributed by atoms with Crippen molar-refractivity contribution in [2.45, 2.75) is 26.0 Å². The zero-order chi connectivity index (χ0) is 22.5. The van der Waals surface area contributed by atoms with Gasteiger partial charge in [-0.3, -0.25) is 4.79 Å². The molecule has 4 rings (SSSR count). The molecule has 1 heterocycles. The minimum atomic E-state index is -0.445. The van der Waals surface area contributed by atoms with Gasteiger partial charge in [0.2, 0.25) is 0 Å². The Morgan fingerprint density at radius 2 is 1.94 bits per heavy atom. The van der Waals surface area contributed by atoms with Crippen LogP contribution in [0.5, 0.6) is 5.75 Å². The highest BCUT2D eigenvalue weighted by Crippen LogP contribution is 2.22. The summed E-state index contributed by atoms with van der Waals surface area (Å²) in [7, 11) is 1.60. The minimum absolute atomic E-state index is 0.264. The van der Waals surface area contributed by atoms with Crippen LogP contribution in [0.2, 0.25) is 0 Å². The summed E-state index contributed by atoms with van der Waals surface area (Å²) < 4.78 is 19.1. The SMILES string of the molecule is COc1cccc(CN(CC2CC(c3ccccc3C)=NO2)C(=O)c2cccc(F)c2)c1. The molecule has 32 heavy (non-hydrogen) atoms. The molecular formula is C26H25FN2O3. The van der Waals surface area contributed by atoms with E-state index in [9.17, 15) is 9.18 Å². The van der Waals surface area contributed by atoms with E-state index < -0.39 is 5.82 Å². The fourth-order valence-corrected chi connectivity index (χ4v) is 3.84. The summed E-state index contributed by atoms with van der Waals surface area (Å²) in [6, 6.07) is 21.3. The molecule has 1 atom stereocenters. The summed E-state index contributed by atoms with van der Waals surface area (Å²) in [5.74, 6) is 0.00248. The van der Waals surface area contributed by atoms with Crippen LogP contribution < -0.4 is 4.74 Å². The van der Waals surface area contributed by atoms with E-state index in [0.29, 0.717) is 30.8 Å². The molecule has 1 aliphatic heterocycles. The van der Waals surface area contributed by atoms with Crippen molar-refractivity contribution >= 4 is 11.6 Å². The highest BCUT2D eigenvalue weighted by molar-refractivity contribution is 6.02. The predicted octanol–water partition coefficient (Wildman–Crippen LogP) is 4.98. The van der Waals surface area contributed by atoms with Gasteiger partial charge in [-0.05, 0) is 48.4 Å². The molecule has 0 spiro atoms. The number of amides is 1. The lowest BCUT2D eigenvalue weighted by molar-refractivity contribution is 0.0405. The number of halogens is 1. The van der Waals surface area contributed by atoms with E-state index in [1.165, 1.54) is 18.2 Å². The molecule has 1 aliphatic rings. The average Bonchev–Trinajstić information content (AvgIpc) is 3.27. The third-order valence-electron chi connectivity index (χ3n) is 5.48. The van der Waals surface area contributed by atoms with Gasteiger partial charge in [-0.25, -0.2) is 4.39 Å². The van der Waals surface area contributed by atoms with E-state index in [4.69, 9.17) is 9.57 Å². The number of ether oxygens (including phenoxy) is 1. The van der Waals surface area contributed by atoms with Crippen molar-refractivity contribution in [1.29, 1.82) is 0 Å². The van der Waals surface area contributed by atoms with Crippen molar-refractivity contribution < 1.29 is 18.8 Å². The second-order valence-corrected chi connectivity index (χ2v) is 7.83. The van der Waals surface area contributed by atoms with E-state index >= 15 is 0 Å². The van der Waals surface area contributed by atoms with Crippen LogP contribution in [-0.2, 0) is 11.4 Å².